The minimum Gasteiger partial charge on any atom is -0.365 e. The van der Waals surface area contributed by atoms with Crippen LogP contribution in [-0.2, 0) is 4.79 Å². The Labute approximate surface area is 116 Å². The van der Waals surface area contributed by atoms with Gasteiger partial charge in [0.1, 0.15) is 39.3 Å². The average Bonchev–Trinajstić information content (AvgIpc) is 2.36. The van der Waals surface area contributed by atoms with Gasteiger partial charge in [-0.2, -0.15) is 0 Å². The second-order valence-corrected chi connectivity index (χ2v) is 6.84. The van der Waals surface area contributed by atoms with Crippen LogP contribution >= 0.6 is 0 Å². The van der Waals surface area contributed by atoms with E-state index in [2.05, 4.69) is 19.2 Å². The summed E-state index contributed by atoms with van der Waals surface area (Å²) in [5, 5.41) is 3.50. The lowest BCUT2D eigenvalue weighted by Gasteiger charge is -2.55. The number of piperazine rings is 3. The Kier molecular flexibility index (Phi) is 4.48. The van der Waals surface area contributed by atoms with Crippen LogP contribution in [0.25, 0.3) is 0 Å². The summed E-state index contributed by atoms with van der Waals surface area (Å²) in [6, 6.07) is 0.586. The van der Waals surface area contributed by atoms with Crippen LogP contribution in [0.4, 0.5) is 0 Å². The fourth-order valence-corrected chi connectivity index (χ4v) is 3.65. The van der Waals surface area contributed by atoms with Gasteiger partial charge in [0.2, 0.25) is 0 Å². The molecule has 3 saturated heterocycles. The lowest BCUT2D eigenvalue weighted by molar-refractivity contribution is -1.08. The van der Waals surface area contributed by atoms with Crippen LogP contribution in [0.3, 0.4) is 0 Å². The SMILES string of the molecule is CC(C)NCCC[N+]12CC[N+](CC(N)=O)(CC1)CC2. The first-order valence-corrected chi connectivity index (χ1v) is 7.67. The van der Waals surface area contributed by atoms with Gasteiger partial charge in [-0.15, -0.1) is 0 Å². The number of fused-ring (bicyclic) bond motifs is 3. The predicted molar refractivity (Wildman–Crippen MR) is 76.4 cm³/mol. The summed E-state index contributed by atoms with van der Waals surface area (Å²) < 4.78 is 2.23. The highest BCUT2D eigenvalue weighted by molar-refractivity contribution is 5.74. The number of hydrogen-bond acceptors (Lipinski definition) is 2. The highest BCUT2D eigenvalue weighted by atomic mass is 16.1. The standard InChI is InChI=1S/C14H29N4O/c1-13(2)16-4-3-5-17-6-9-18(10-7-17,11-8-17)12-14(15)19/h13,16H,3-12H2,1-2H3,(H-,15,19)/q+1/p+1. The highest BCUT2D eigenvalue weighted by Crippen LogP contribution is 2.26. The maximum atomic E-state index is 11.2. The van der Waals surface area contributed by atoms with E-state index < -0.39 is 0 Å². The molecule has 0 atom stereocenters. The van der Waals surface area contributed by atoms with Crippen molar-refractivity contribution in [2.45, 2.75) is 26.3 Å². The van der Waals surface area contributed by atoms with Crippen LogP contribution in [0.1, 0.15) is 20.3 Å². The molecule has 0 aromatic heterocycles. The smallest absolute Gasteiger partial charge is 0.272 e. The minimum absolute atomic E-state index is 0.136. The number of amides is 1. The number of primary amides is 1. The molecule has 0 saturated carbocycles. The van der Waals surface area contributed by atoms with Crippen molar-refractivity contribution in [3.05, 3.63) is 0 Å². The van der Waals surface area contributed by atoms with Crippen molar-refractivity contribution >= 4 is 5.91 Å². The Morgan fingerprint density at radius 1 is 1.11 bits per heavy atom. The molecule has 3 heterocycles. The maximum Gasteiger partial charge on any atom is 0.272 e. The first kappa shape index (κ1) is 14.8. The van der Waals surface area contributed by atoms with Gasteiger partial charge in [0.15, 0.2) is 6.54 Å². The summed E-state index contributed by atoms with van der Waals surface area (Å²) in [4.78, 5) is 11.2. The number of carbonyl (C=O) groups is 1. The first-order chi connectivity index (χ1) is 8.95. The number of hydrogen-bond donors (Lipinski definition) is 2. The van der Waals surface area contributed by atoms with Gasteiger partial charge in [-0.25, -0.2) is 0 Å². The largest absolute Gasteiger partial charge is 0.365 e. The van der Waals surface area contributed by atoms with Crippen molar-refractivity contribution in [3.63, 3.8) is 0 Å². The molecule has 3 fully saturated rings. The molecule has 5 nitrogen and oxygen atoms in total. The molecule has 0 radical (unpaired) electrons. The summed E-state index contributed by atoms with van der Waals surface area (Å²) in [7, 11) is 0. The van der Waals surface area contributed by atoms with Crippen molar-refractivity contribution < 1.29 is 13.8 Å². The van der Waals surface area contributed by atoms with Crippen LogP contribution in [0, 0.1) is 0 Å². The molecule has 0 aromatic carbocycles. The Morgan fingerprint density at radius 3 is 2.11 bits per heavy atom. The molecule has 3 aliphatic heterocycles. The van der Waals surface area contributed by atoms with Crippen molar-refractivity contribution in [1.82, 2.24) is 5.32 Å². The van der Waals surface area contributed by atoms with E-state index >= 15 is 0 Å². The third-order valence-electron chi connectivity index (χ3n) is 5.00. The second kappa shape index (κ2) is 5.77. The van der Waals surface area contributed by atoms with Crippen molar-refractivity contribution in [3.8, 4) is 0 Å². The van der Waals surface area contributed by atoms with Crippen molar-refractivity contribution in [2.24, 2.45) is 5.73 Å². The number of carbonyl (C=O) groups excluding carboxylic acids is 1. The molecule has 2 bridgehead atoms. The number of nitrogens with zero attached hydrogens (tertiary/aromatic N) is 2. The number of nitrogens with two attached hydrogens (primary N) is 1. The van der Waals surface area contributed by atoms with Crippen molar-refractivity contribution in [2.75, 3.05) is 58.9 Å². The predicted octanol–water partition coefficient (Wildman–Crippen LogP) is -0.479. The van der Waals surface area contributed by atoms with Gasteiger partial charge < -0.3 is 20.0 Å². The zero-order chi connectivity index (χ0) is 13.9. The van der Waals surface area contributed by atoms with E-state index in [1.165, 1.54) is 37.1 Å². The summed E-state index contributed by atoms with van der Waals surface area (Å²) in [6.07, 6.45) is 1.26. The van der Waals surface area contributed by atoms with E-state index in [0.29, 0.717) is 12.6 Å². The van der Waals surface area contributed by atoms with Gasteiger partial charge in [-0.1, -0.05) is 13.8 Å². The Hall–Kier alpha value is -0.650. The van der Waals surface area contributed by atoms with Gasteiger partial charge in [-0.05, 0) is 0 Å². The topological polar surface area (TPSA) is 55.1 Å². The molecule has 1 amide bonds. The molecule has 0 spiro atoms. The van der Waals surface area contributed by atoms with E-state index in [9.17, 15) is 4.79 Å². The van der Waals surface area contributed by atoms with E-state index in [1.807, 2.05) is 0 Å². The van der Waals surface area contributed by atoms with Gasteiger partial charge in [-0.3, -0.25) is 4.79 Å². The molecule has 3 N–H and O–H groups in total. The average molecular weight is 270 g/mol. The Morgan fingerprint density at radius 2 is 1.63 bits per heavy atom. The summed E-state index contributed by atoms with van der Waals surface area (Å²) >= 11 is 0. The molecule has 110 valence electrons. The van der Waals surface area contributed by atoms with Gasteiger partial charge in [0.05, 0.1) is 6.54 Å². The zero-order valence-corrected chi connectivity index (χ0v) is 12.5. The minimum atomic E-state index is -0.136. The van der Waals surface area contributed by atoms with E-state index in [-0.39, 0.29) is 5.91 Å². The van der Waals surface area contributed by atoms with Gasteiger partial charge in [0.25, 0.3) is 5.91 Å². The van der Waals surface area contributed by atoms with E-state index in [0.717, 1.165) is 30.7 Å². The zero-order valence-electron chi connectivity index (χ0n) is 12.5. The molecular weight excluding hydrogens is 240 g/mol. The first-order valence-electron chi connectivity index (χ1n) is 7.67. The third kappa shape index (κ3) is 3.68. The van der Waals surface area contributed by atoms with E-state index in [4.69, 9.17) is 5.73 Å². The van der Waals surface area contributed by atoms with Gasteiger partial charge in [0, 0.05) is 19.0 Å². The van der Waals surface area contributed by atoms with Crippen LogP contribution in [0.5, 0.6) is 0 Å². The number of rotatable bonds is 7. The van der Waals surface area contributed by atoms with Crippen LogP contribution < -0.4 is 11.1 Å². The molecule has 0 aromatic rings. The molecule has 3 rings (SSSR count). The third-order valence-corrected chi connectivity index (χ3v) is 5.00. The molecular formula is C14H30N4O+2. The van der Waals surface area contributed by atoms with Gasteiger partial charge >= 0.3 is 0 Å². The van der Waals surface area contributed by atoms with Crippen LogP contribution in [0.15, 0.2) is 0 Å². The Bertz CT molecular complexity index is 305. The maximum absolute atomic E-state index is 11.2. The number of quaternary nitrogens is 2. The van der Waals surface area contributed by atoms with Crippen LogP contribution in [-0.4, -0.2) is 79.8 Å². The molecule has 0 unspecified atom stereocenters. The monoisotopic (exact) mass is 270 g/mol. The lowest BCUT2D eigenvalue weighted by Crippen LogP contribution is -2.76. The summed E-state index contributed by atoms with van der Waals surface area (Å²) in [6.45, 7) is 14.5. The Balaban J connectivity index is 1.78. The molecule has 0 aliphatic carbocycles. The normalized spacial score (nSPS) is 33.8. The highest BCUT2D eigenvalue weighted by Gasteiger charge is 2.49. The number of nitrogens with one attached hydrogen (secondary N) is 1. The molecule has 3 aliphatic rings. The van der Waals surface area contributed by atoms with E-state index in [1.54, 1.807) is 0 Å². The van der Waals surface area contributed by atoms with Crippen molar-refractivity contribution in [1.29, 1.82) is 0 Å². The van der Waals surface area contributed by atoms with Crippen LogP contribution in [0.2, 0.25) is 0 Å². The fraction of sp³-hybridized carbons (Fsp3) is 0.929. The lowest BCUT2D eigenvalue weighted by atomic mass is 10.1. The fourth-order valence-electron chi connectivity index (χ4n) is 3.65. The summed E-state index contributed by atoms with van der Waals surface area (Å²) in [5.74, 6) is -0.136. The molecule has 19 heavy (non-hydrogen) atoms. The molecule has 5 heteroatoms. The summed E-state index contributed by atoms with van der Waals surface area (Å²) in [5.41, 5.74) is 5.39. The second-order valence-electron chi connectivity index (χ2n) is 6.84. The quantitative estimate of drug-likeness (QED) is 0.485.